The third-order valence-electron chi connectivity index (χ3n) is 5.41. The smallest absolute Gasteiger partial charge is 0.339 e. The maximum Gasteiger partial charge on any atom is 0.416 e. The Hall–Kier alpha value is -2.87. The lowest BCUT2D eigenvalue weighted by Gasteiger charge is -2.31. The molecule has 2 aromatic rings. The van der Waals surface area contributed by atoms with Crippen LogP contribution in [0.3, 0.4) is 0 Å². The van der Waals surface area contributed by atoms with Gasteiger partial charge >= 0.3 is 6.18 Å². The summed E-state index contributed by atoms with van der Waals surface area (Å²) in [5.41, 5.74) is 0.328. The van der Waals surface area contributed by atoms with E-state index in [1.807, 2.05) is 37.3 Å². The van der Waals surface area contributed by atoms with E-state index in [-0.39, 0.29) is 30.5 Å². The van der Waals surface area contributed by atoms with Crippen LogP contribution in [0.4, 0.5) is 13.2 Å². The van der Waals surface area contributed by atoms with Gasteiger partial charge in [0, 0.05) is 38.3 Å². The average Bonchev–Trinajstić information content (AvgIpc) is 2.78. The van der Waals surface area contributed by atoms with Gasteiger partial charge in [-0.15, -0.1) is 0 Å². The van der Waals surface area contributed by atoms with Gasteiger partial charge in [-0.1, -0.05) is 37.3 Å². The van der Waals surface area contributed by atoms with E-state index in [0.29, 0.717) is 26.2 Å². The van der Waals surface area contributed by atoms with Crippen molar-refractivity contribution in [1.29, 1.82) is 0 Å². The normalized spacial score (nSPS) is 15.4. The highest BCUT2D eigenvalue weighted by Gasteiger charge is 2.31. The van der Waals surface area contributed by atoms with Crippen molar-refractivity contribution in [1.82, 2.24) is 15.1 Å². The van der Waals surface area contributed by atoms with Crippen LogP contribution in [0.15, 0.2) is 54.6 Å². The zero-order valence-corrected chi connectivity index (χ0v) is 17.4. The first kappa shape index (κ1) is 22.8. The molecule has 0 aliphatic carbocycles. The van der Waals surface area contributed by atoms with Crippen LogP contribution in [-0.2, 0) is 11.0 Å². The van der Waals surface area contributed by atoms with Gasteiger partial charge < -0.3 is 15.1 Å². The van der Waals surface area contributed by atoms with E-state index < -0.39 is 17.6 Å². The lowest BCUT2D eigenvalue weighted by atomic mass is 10.00. The molecule has 1 unspecified atom stereocenters. The van der Waals surface area contributed by atoms with Crippen LogP contribution >= 0.6 is 0 Å². The summed E-state index contributed by atoms with van der Waals surface area (Å²) in [5.74, 6) is -0.669. The molecule has 1 atom stereocenters. The van der Waals surface area contributed by atoms with Gasteiger partial charge in [-0.3, -0.25) is 9.59 Å². The topological polar surface area (TPSA) is 52.7 Å². The van der Waals surface area contributed by atoms with Gasteiger partial charge in [0.1, 0.15) is 6.54 Å². The number of carbonyl (C=O) groups excluding carboxylic acids is 2. The van der Waals surface area contributed by atoms with Crippen molar-refractivity contribution >= 4 is 11.8 Å². The lowest BCUT2D eigenvalue weighted by molar-refractivity contribution is -0.137. The largest absolute Gasteiger partial charge is 0.416 e. The molecule has 1 aliphatic heterocycles. The molecule has 0 radical (unpaired) electrons. The minimum atomic E-state index is -4.47. The van der Waals surface area contributed by atoms with Crippen LogP contribution < -0.4 is 5.32 Å². The minimum Gasteiger partial charge on any atom is -0.339 e. The van der Waals surface area contributed by atoms with Gasteiger partial charge in [-0.25, -0.2) is 0 Å². The van der Waals surface area contributed by atoms with Gasteiger partial charge in [0.15, 0.2) is 0 Å². The number of nitrogens with zero attached hydrogens (tertiary/aromatic N) is 2. The van der Waals surface area contributed by atoms with Crippen LogP contribution in [0.1, 0.15) is 34.3 Å². The molecule has 0 saturated carbocycles. The molecule has 5 nitrogen and oxygen atoms in total. The zero-order valence-electron chi connectivity index (χ0n) is 17.4. The highest BCUT2D eigenvalue weighted by molar-refractivity contribution is 5.96. The maximum absolute atomic E-state index is 13.2. The van der Waals surface area contributed by atoms with Crippen molar-refractivity contribution in [2.45, 2.75) is 19.0 Å². The van der Waals surface area contributed by atoms with Crippen LogP contribution in [0.5, 0.6) is 0 Å². The third-order valence-corrected chi connectivity index (χ3v) is 5.41. The second-order valence-corrected chi connectivity index (χ2v) is 7.70. The first-order chi connectivity index (χ1) is 14.8. The van der Waals surface area contributed by atoms with Crippen molar-refractivity contribution in [3.63, 3.8) is 0 Å². The molecular weight excluding hydrogens is 407 g/mol. The fourth-order valence-electron chi connectivity index (χ4n) is 3.60. The number of nitrogens with one attached hydrogen (secondary N) is 1. The second-order valence-electron chi connectivity index (χ2n) is 7.70. The first-order valence-corrected chi connectivity index (χ1v) is 10.3. The van der Waals surface area contributed by atoms with E-state index in [4.69, 9.17) is 0 Å². The standard InChI is InChI=1S/C23H26F3N3O2/c1-17(18-5-3-2-4-6-18)15-29(16-21(30)28-13-11-27-12-14-28)22(31)19-7-9-20(10-8-19)23(24,25)26/h2-10,17,27H,11-16H2,1H3. The Kier molecular flexibility index (Phi) is 7.33. The van der Waals surface area contributed by atoms with Crippen molar-refractivity contribution in [3.05, 3.63) is 71.3 Å². The molecule has 1 aliphatic rings. The number of piperazine rings is 1. The number of hydrogen-bond acceptors (Lipinski definition) is 3. The van der Waals surface area contributed by atoms with Crippen LogP contribution in [0.2, 0.25) is 0 Å². The van der Waals surface area contributed by atoms with Gasteiger partial charge in [-0.2, -0.15) is 13.2 Å². The van der Waals surface area contributed by atoms with Crippen molar-refractivity contribution < 1.29 is 22.8 Å². The SMILES string of the molecule is CC(CN(CC(=O)N1CCNCC1)C(=O)c1ccc(C(F)(F)F)cc1)c1ccccc1. The van der Waals surface area contributed by atoms with Crippen LogP contribution in [0, 0.1) is 0 Å². The van der Waals surface area contributed by atoms with Crippen molar-refractivity contribution in [2.75, 3.05) is 39.3 Å². The minimum absolute atomic E-state index is 0.0459. The predicted molar refractivity (Wildman–Crippen MR) is 112 cm³/mol. The Labute approximate surface area is 179 Å². The zero-order chi connectivity index (χ0) is 22.4. The molecule has 8 heteroatoms. The molecule has 2 amide bonds. The van der Waals surface area contributed by atoms with E-state index in [1.165, 1.54) is 17.0 Å². The summed E-state index contributed by atoms with van der Waals surface area (Å²) < 4.78 is 38.6. The molecule has 1 heterocycles. The quantitative estimate of drug-likeness (QED) is 0.760. The average molecular weight is 433 g/mol. The molecule has 166 valence electrons. The third kappa shape index (κ3) is 6.07. The summed E-state index contributed by atoms with van der Waals surface area (Å²) in [7, 11) is 0. The van der Waals surface area contributed by atoms with Crippen LogP contribution in [-0.4, -0.2) is 60.9 Å². The molecule has 0 spiro atoms. The summed E-state index contributed by atoms with van der Waals surface area (Å²) in [5, 5.41) is 3.18. The Morgan fingerprint density at radius 3 is 2.23 bits per heavy atom. The summed E-state index contributed by atoms with van der Waals surface area (Å²) in [4.78, 5) is 29.1. The first-order valence-electron chi connectivity index (χ1n) is 10.3. The number of alkyl halides is 3. The fourth-order valence-corrected chi connectivity index (χ4v) is 3.60. The maximum atomic E-state index is 13.2. The molecule has 1 saturated heterocycles. The predicted octanol–water partition coefficient (Wildman–Crippen LogP) is 3.38. The number of hydrogen-bond donors (Lipinski definition) is 1. The Balaban J connectivity index is 1.79. The monoisotopic (exact) mass is 433 g/mol. The fraction of sp³-hybridized carbons (Fsp3) is 0.391. The van der Waals surface area contributed by atoms with E-state index >= 15 is 0 Å². The van der Waals surface area contributed by atoms with E-state index in [0.717, 1.165) is 17.7 Å². The molecule has 31 heavy (non-hydrogen) atoms. The summed E-state index contributed by atoms with van der Waals surface area (Å²) in [6.45, 7) is 4.64. The number of benzene rings is 2. The molecule has 0 bridgehead atoms. The molecule has 3 rings (SSSR count). The molecule has 1 fully saturated rings. The number of carbonyl (C=O) groups is 2. The van der Waals surface area contributed by atoms with Crippen LogP contribution in [0.25, 0.3) is 0 Å². The van der Waals surface area contributed by atoms with Gasteiger partial charge in [-0.05, 0) is 35.7 Å². The molecule has 0 aromatic heterocycles. The Morgan fingerprint density at radius 1 is 1.03 bits per heavy atom. The summed E-state index contributed by atoms with van der Waals surface area (Å²) in [6.07, 6.45) is -4.47. The van der Waals surface area contributed by atoms with Gasteiger partial charge in [0.25, 0.3) is 5.91 Å². The van der Waals surface area contributed by atoms with Crippen molar-refractivity contribution in [3.8, 4) is 0 Å². The van der Waals surface area contributed by atoms with Gasteiger partial charge in [0.05, 0.1) is 5.56 Å². The van der Waals surface area contributed by atoms with E-state index in [1.54, 1.807) is 4.90 Å². The Morgan fingerprint density at radius 2 is 1.65 bits per heavy atom. The highest BCUT2D eigenvalue weighted by Crippen LogP contribution is 2.29. The number of rotatable bonds is 6. The summed E-state index contributed by atoms with van der Waals surface area (Å²) >= 11 is 0. The number of halogens is 3. The molecule has 2 aromatic carbocycles. The van der Waals surface area contributed by atoms with Crippen molar-refractivity contribution in [2.24, 2.45) is 0 Å². The summed E-state index contributed by atoms with van der Waals surface area (Å²) in [6, 6.07) is 13.7. The lowest BCUT2D eigenvalue weighted by Crippen LogP contribution is -2.50. The highest BCUT2D eigenvalue weighted by atomic mass is 19.4. The van der Waals surface area contributed by atoms with Gasteiger partial charge in [0.2, 0.25) is 5.91 Å². The van der Waals surface area contributed by atoms with E-state index in [9.17, 15) is 22.8 Å². The molecular formula is C23H26F3N3O2. The second kappa shape index (κ2) is 9.96. The Bertz CT molecular complexity index is 879. The number of amides is 2. The van der Waals surface area contributed by atoms with E-state index in [2.05, 4.69) is 5.32 Å². The molecule has 1 N–H and O–H groups in total.